The summed E-state index contributed by atoms with van der Waals surface area (Å²) >= 11 is 0. The standard InChI is InChI=1S/C18H27NO2/c1-13-6-5-9-18(20,10-13)12-19-17-14(2)11-21-16-8-4-3-7-15(16)17/h3-4,7-8,13-14,17,19-20H,5-6,9-12H2,1-2H3. The molecule has 0 amide bonds. The molecule has 3 heteroatoms. The van der Waals surface area contributed by atoms with Gasteiger partial charge in [-0.3, -0.25) is 0 Å². The second-order valence-corrected chi connectivity index (χ2v) is 7.11. The summed E-state index contributed by atoms with van der Waals surface area (Å²) in [7, 11) is 0. The quantitative estimate of drug-likeness (QED) is 0.897. The Morgan fingerprint density at radius 1 is 1.33 bits per heavy atom. The van der Waals surface area contributed by atoms with E-state index in [9.17, 15) is 5.11 Å². The van der Waals surface area contributed by atoms with Crippen molar-refractivity contribution in [2.45, 2.75) is 51.2 Å². The summed E-state index contributed by atoms with van der Waals surface area (Å²) in [5.74, 6) is 2.03. The van der Waals surface area contributed by atoms with Gasteiger partial charge in [-0.25, -0.2) is 0 Å². The third-order valence-corrected chi connectivity index (χ3v) is 5.04. The van der Waals surface area contributed by atoms with E-state index in [1.165, 1.54) is 12.0 Å². The van der Waals surface area contributed by atoms with Crippen LogP contribution in [-0.4, -0.2) is 23.9 Å². The molecule has 0 spiro atoms. The number of nitrogens with one attached hydrogen (secondary N) is 1. The van der Waals surface area contributed by atoms with Gasteiger partial charge in [0.25, 0.3) is 0 Å². The molecule has 116 valence electrons. The summed E-state index contributed by atoms with van der Waals surface area (Å²) in [5.41, 5.74) is 0.689. The molecule has 0 saturated heterocycles. The predicted molar refractivity (Wildman–Crippen MR) is 84.4 cm³/mol. The second-order valence-electron chi connectivity index (χ2n) is 7.11. The lowest BCUT2D eigenvalue weighted by Crippen LogP contribution is -2.47. The van der Waals surface area contributed by atoms with Crippen molar-refractivity contribution in [3.63, 3.8) is 0 Å². The van der Waals surface area contributed by atoms with Crippen LogP contribution in [0, 0.1) is 11.8 Å². The normalized spacial score (nSPS) is 35.9. The van der Waals surface area contributed by atoms with E-state index in [1.54, 1.807) is 0 Å². The number of rotatable bonds is 3. The van der Waals surface area contributed by atoms with Crippen molar-refractivity contribution in [2.75, 3.05) is 13.2 Å². The van der Waals surface area contributed by atoms with Gasteiger partial charge in [-0.05, 0) is 24.8 Å². The van der Waals surface area contributed by atoms with Gasteiger partial charge in [-0.15, -0.1) is 0 Å². The monoisotopic (exact) mass is 289 g/mol. The van der Waals surface area contributed by atoms with E-state index >= 15 is 0 Å². The average Bonchev–Trinajstić information content (AvgIpc) is 2.46. The van der Waals surface area contributed by atoms with Gasteiger partial charge in [-0.1, -0.05) is 44.9 Å². The molecule has 2 aliphatic rings. The van der Waals surface area contributed by atoms with Crippen molar-refractivity contribution in [1.82, 2.24) is 5.32 Å². The van der Waals surface area contributed by atoms with Gasteiger partial charge < -0.3 is 15.2 Å². The Kier molecular flexibility index (Phi) is 4.23. The van der Waals surface area contributed by atoms with Crippen molar-refractivity contribution in [3.05, 3.63) is 29.8 Å². The molecule has 3 nitrogen and oxygen atoms in total. The van der Waals surface area contributed by atoms with Crippen molar-refractivity contribution >= 4 is 0 Å². The van der Waals surface area contributed by atoms with E-state index in [0.29, 0.717) is 18.4 Å². The largest absolute Gasteiger partial charge is 0.493 e. The maximum atomic E-state index is 10.8. The molecule has 0 bridgehead atoms. The van der Waals surface area contributed by atoms with Gasteiger partial charge >= 0.3 is 0 Å². The molecule has 1 saturated carbocycles. The van der Waals surface area contributed by atoms with E-state index in [0.717, 1.165) is 31.6 Å². The molecule has 1 aliphatic carbocycles. The molecule has 1 aromatic carbocycles. The fourth-order valence-corrected chi connectivity index (χ4v) is 3.90. The number of para-hydroxylation sites is 1. The van der Waals surface area contributed by atoms with Crippen LogP contribution in [0.2, 0.25) is 0 Å². The highest BCUT2D eigenvalue weighted by Crippen LogP contribution is 2.37. The number of benzene rings is 1. The molecule has 1 aliphatic heterocycles. The first kappa shape index (κ1) is 14.9. The van der Waals surface area contributed by atoms with E-state index < -0.39 is 5.60 Å². The van der Waals surface area contributed by atoms with Crippen LogP contribution in [0.3, 0.4) is 0 Å². The minimum Gasteiger partial charge on any atom is -0.493 e. The number of hydrogen-bond donors (Lipinski definition) is 2. The highest BCUT2D eigenvalue weighted by Gasteiger charge is 2.35. The van der Waals surface area contributed by atoms with Gasteiger partial charge in [-0.2, -0.15) is 0 Å². The van der Waals surface area contributed by atoms with Gasteiger partial charge in [0.05, 0.1) is 12.2 Å². The molecular formula is C18H27NO2. The SMILES string of the molecule is CC1CCCC(O)(CNC2c3ccccc3OCC2C)C1. The smallest absolute Gasteiger partial charge is 0.124 e. The Labute approximate surface area is 127 Å². The summed E-state index contributed by atoms with van der Waals surface area (Å²) in [4.78, 5) is 0. The molecule has 2 N–H and O–H groups in total. The zero-order valence-electron chi connectivity index (χ0n) is 13.1. The van der Waals surface area contributed by atoms with Gasteiger partial charge in [0, 0.05) is 24.1 Å². The zero-order valence-corrected chi connectivity index (χ0v) is 13.1. The summed E-state index contributed by atoms with van der Waals surface area (Å²) in [6.07, 6.45) is 4.22. The molecule has 1 heterocycles. The number of aliphatic hydroxyl groups is 1. The fraction of sp³-hybridized carbons (Fsp3) is 0.667. The zero-order chi connectivity index (χ0) is 14.9. The van der Waals surface area contributed by atoms with Crippen LogP contribution >= 0.6 is 0 Å². The van der Waals surface area contributed by atoms with Crippen molar-refractivity contribution in [2.24, 2.45) is 11.8 Å². The molecule has 1 aromatic rings. The van der Waals surface area contributed by atoms with Crippen LogP contribution in [0.1, 0.15) is 51.1 Å². The fourth-order valence-electron chi connectivity index (χ4n) is 3.90. The highest BCUT2D eigenvalue weighted by atomic mass is 16.5. The average molecular weight is 289 g/mol. The van der Waals surface area contributed by atoms with Crippen molar-refractivity contribution in [3.8, 4) is 5.75 Å². The topological polar surface area (TPSA) is 41.5 Å². The molecular weight excluding hydrogens is 262 g/mol. The van der Waals surface area contributed by atoms with Gasteiger partial charge in [0.1, 0.15) is 5.75 Å². The van der Waals surface area contributed by atoms with Crippen molar-refractivity contribution < 1.29 is 9.84 Å². The van der Waals surface area contributed by atoms with E-state index in [2.05, 4.69) is 31.3 Å². The predicted octanol–water partition coefficient (Wildman–Crippen LogP) is 3.29. The molecule has 21 heavy (non-hydrogen) atoms. The van der Waals surface area contributed by atoms with Crippen LogP contribution in [0.5, 0.6) is 5.75 Å². The Hall–Kier alpha value is -1.06. The maximum Gasteiger partial charge on any atom is 0.124 e. The summed E-state index contributed by atoms with van der Waals surface area (Å²) in [5, 5.41) is 14.4. The Morgan fingerprint density at radius 3 is 2.95 bits per heavy atom. The first-order valence-corrected chi connectivity index (χ1v) is 8.25. The van der Waals surface area contributed by atoms with E-state index in [4.69, 9.17) is 4.74 Å². The van der Waals surface area contributed by atoms with Crippen molar-refractivity contribution in [1.29, 1.82) is 0 Å². The lowest BCUT2D eigenvalue weighted by atomic mass is 9.78. The molecule has 0 aromatic heterocycles. The first-order chi connectivity index (χ1) is 10.1. The molecule has 1 fully saturated rings. The Bertz CT molecular complexity index is 490. The van der Waals surface area contributed by atoms with Crippen LogP contribution in [0.4, 0.5) is 0 Å². The summed E-state index contributed by atoms with van der Waals surface area (Å²) in [6.45, 7) is 5.88. The lowest BCUT2D eigenvalue weighted by molar-refractivity contribution is -0.0163. The molecule has 4 unspecified atom stereocenters. The first-order valence-electron chi connectivity index (χ1n) is 8.25. The Morgan fingerprint density at radius 2 is 2.14 bits per heavy atom. The second kappa shape index (κ2) is 5.98. The highest BCUT2D eigenvalue weighted by molar-refractivity contribution is 5.37. The number of hydrogen-bond acceptors (Lipinski definition) is 3. The van der Waals surface area contributed by atoms with Crippen LogP contribution < -0.4 is 10.1 Å². The third-order valence-electron chi connectivity index (χ3n) is 5.04. The number of ether oxygens (including phenoxy) is 1. The van der Waals surface area contributed by atoms with E-state index in [1.807, 2.05) is 12.1 Å². The molecule has 0 radical (unpaired) electrons. The Balaban J connectivity index is 1.70. The number of fused-ring (bicyclic) bond motifs is 1. The summed E-state index contributed by atoms with van der Waals surface area (Å²) < 4.78 is 5.80. The van der Waals surface area contributed by atoms with Crippen LogP contribution in [-0.2, 0) is 0 Å². The summed E-state index contributed by atoms with van der Waals surface area (Å²) in [6, 6.07) is 8.52. The molecule has 3 rings (SSSR count). The molecule has 4 atom stereocenters. The van der Waals surface area contributed by atoms with Gasteiger partial charge in [0.15, 0.2) is 0 Å². The maximum absolute atomic E-state index is 10.8. The van der Waals surface area contributed by atoms with Gasteiger partial charge in [0.2, 0.25) is 0 Å². The van der Waals surface area contributed by atoms with Crippen LogP contribution in [0.25, 0.3) is 0 Å². The lowest BCUT2D eigenvalue weighted by Gasteiger charge is -2.39. The minimum atomic E-state index is -0.537. The third kappa shape index (κ3) is 3.24. The van der Waals surface area contributed by atoms with Crippen LogP contribution in [0.15, 0.2) is 24.3 Å². The van der Waals surface area contributed by atoms with E-state index in [-0.39, 0.29) is 6.04 Å². The minimum absolute atomic E-state index is 0.274.